The molecule has 0 bridgehead atoms. The number of rotatable bonds is 0. The quantitative estimate of drug-likeness (QED) is 0.709. The van der Waals surface area contributed by atoms with Gasteiger partial charge in [-0.25, -0.2) is 0 Å². The standard InChI is InChI=1S/C22H30O3/c1-13-10-14(23)17-15(11-13)25-21(4)9-6-16-20(2,3)7-5-8-22(16)12-24-18(17)19(21)22/h10-11,16,18-19,23H,5-9,12H2,1-4H3/t16-,18+,19+,21+,22?/m1/s1. The lowest BCUT2D eigenvalue weighted by Gasteiger charge is -2.61. The summed E-state index contributed by atoms with van der Waals surface area (Å²) in [7, 11) is 0. The molecule has 1 aromatic rings. The second-order valence-electron chi connectivity index (χ2n) is 9.99. The van der Waals surface area contributed by atoms with E-state index >= 15 is 0 Å². The van der Waals surface area contributed by atoms with Crippen LogP contribution in [0.1, 0.15) is 70.1 Å². The van der Waals surface area contributed by atoms with Crippen LogP contribution in [-0.2, 0) is 4.74 Å². The molecule has 1 N–H and O–H groups in total. The number of ether oxygens (including phenoxy) is 2. The minimum Gasteiger partial charge on any atom is -0.507 e. The van der Waals surface area contributed by atoms with Crippen LogP contribution in [0.15, 0.2) is 12.1 Å². The summed E-state index contributed by atoms with van der Waals surface area (Å²) in [6, 6.07) is 3.92. The van der Waals surface area contributed by atoms with Crippen LogP contribution in [0.2, 0.25) is 0 Å². The molecule has 0 amide bonds. The summed E-state index contributed by atoms with van der Waals surface area (Å²) in [5.41, 5.74) is 2.33. The fraction of sp³-hybridized carbons (Fsp3) is 0.727. The molecule has 1 saturated heterocycles. The van der Waals surface area contributed by atoms with Gasteiger partial charge in [0.05, 0.1) is 18.3 Å². The van der Waals surface area contributed by atoms with Crippen LogP contribution in [0.5, 0.6) is 11.5 Å². The van der Waals surface area contributed by atoms with Crippen molar-refractivity contribution < 1.29 is 14.6 Å². The van der Waals surface area contributed by atoms with Gasteiger partial charge in [0.15, 0.2) is 0 Å². The van der Waals surface area contributed by atoms with E-state index in [9.17, 15) is 5.11 Å². The first-order chi connectivity index (χ1) is 11.8. The number of hydrogen-bond acceptors (Lipinski definition) is 3. The Kier molecular flexibility index (Phi) is 3.03. The first-order valence-corrected chi connectivity index (χ1v) is 9.91. The van der Waals surface area contributed by atoms with Crippen LogP contribution in [0.3, 0.4) is 0 Å². The Bertz CT molecular complexity index is 739. The number of fused-ring (bicyclic) bond motifs is 2. The molecule has 3 nitrogen and oxygen atoms in total. The molecule has 2 saturated carbocycles. The van der Waals surface area contributed by atoms with Gasteiger partial charge >= 0.3 is 0 Å². The predicted octanol–water partition coefficient (Wildman–Crippen LogP) is 5.15. The van der Waals surface area contributed by atoms with Crippen LogP contribution >= 0.6 is 0 Å². The molecule has 1 aromatic carbocycles. The molecule has 5 rings (SSSR count). The molecule has 2 heterocycles. The Morgan fingerprint density at radius 2 is 1.92 bits per heavy atom. The molecule has 2 aliphatic heterocycles. The number of benzene rings is 1. The van der Waals surface area contributed by atoms with Crippen LogP contribution in [0, 0.1) is 29.6 Å². The Morgan fingerprint density at radius 1 is 1.12 bits per heavy atom. The fourth-order valence-electron chi connectivity index (χ4n) is 7.20. The Labute approximate surface area is 150 Å². The third-order valence-electron chi connectivity index (χ3n) is 8.03. The van der Waals surface area contributed by atoms with E-state index in [1.165, 1.54) is 25.7 Å². The van der Waals surface area contributed by atoms with Crippen molar-refractivity contribution in [1.29, 1.82) is 0 Å². The molecule has 1 spiro atoms. The number of phenols is 1. The molecule has 25 heavy (non-hydrogen) atoms. The van der Waals surface area contributed by atoms with E-state index in [2.05, 4.69) is 26.8 Å². The molecule has 3 heteroatoms. The summed E-state index contributed by atoms with van der Waals surface area (Å²) >= 11 is 0. The number of aromatic hydroxyl groups is 1. The zero-order chi connectivity index (χ0) is 17.6. The van der Waals surface area contributed by atoms with Crippen LogP contribution in [-0.4, -0.2) is 17.3 Å². The van der Waals surface area contributed by atoms with Gasteiger partial charge in [-0.15, -0.1) is 0 Å². The Hall–Kier alpha value is -1.22. The van der Waals surface area contributed by atoms with Gasteiger partial charge < -0.3 is 14.6 Å². The molecule has 5 atom stereocenters. The van der Waals surface area contributed by atoms with E-state index in [1.807, 2.05) is 13.0 Å². The highest BCUT2D eigenvalue weighted by Crippen LogP contribution is 2.71. The van der Waals surface area contributed by atoms with Gasteiger partial charge in [-0.1, -0.05) is 20.3 Å². The number of hydrogen-bond donors (Lipinski definition) is 1. The van der Waals surface area contributed by atoms with Gasteiger partial charge in [-0.05, 0) is 68.6 Å². The molecule has 1 unspecified atom stereocenters. The van der Waals surface area contributed by atoms with Crippen molar-refractivity contribution in [2.45, 2.75) is 71.5 Å². The van der Waals surface area contributed by atoms with Gasteiger partial charge in [0.2, 0.25) is 0 Å². The topological polar surface area (TPSA) is 38.7 Å². The number of phenolic OH excluding ortho intramolecular Hbond substituents is 1. The Morgan fingerprint density at radius 3 is 2.72 bits per heavy atom. The summed E-state index contributed by atoms with van der Waals surface area (Å²) in [5.74, 6) is 2.22. The number of aryl methyl sites for hydroxylation is 1. The van der Waals surface area contributed by atoms with E-state index in [0.29, 0.717) is 23.0 Å². The SMILES string of the molecule is Cc1cc(O)c2c(c1)O[C@@]1(C)CC[C@@H]3C(C)(C)CCCC34CO[C@@H]2[C@H]41. The first kappa shape index (κ1) is 16.0. The molecule has 0 aromatic heterocycles. The zero-order valence-electron chi connectivity index (χ0n) is 15.9. The average Bonchev–Trinajstić information content (AvgIpc) is 2.86. The lowest BCUT2D eigenvalue weighted by molar-refractivity contribution is -0.156. The van der Waals surface area contributed by atoms with Crippen LogP contribution in [0.4, 0.5) is 0 Å². The third-order valence-corrected chi connectivity index (χ3v) is 8.03. The van der Waals surface area contributed by atoms with Crippen molar-refractivity contribution in [3.8, 4) is 11.5 Å². The van der Waals surface area contributed by atoms with Crippen molar-refractivity contribution in [3.63, 3.8) is 0 Å². The monoisotopic (exact) mass is 342 g/mol. The fourth-order valence-corrected chi connectivity index (χ4v) is 7.20. The van der Waals surface area contributed by atoms with Gasteiger partial charge in [0.1, 0.15) is 17.1 Å². The summed E-state index contributed by atoms with van der Waals surface area (Å²) in [5, 5.41) is 10.7. The summed E-state index contributed by atoms with van der Waals surface area (Å²) in [6.45, 7) is 10.0. The van der Waals surface area contributed by atoms with Crippen molar-refractivity contribution in [2.24, 2.45) is 22.7 Å². The minimum atomic E-state index is -0.182. The maximum atomic E-state index is 10.7. The highest BCUT2D eigenvalue weighted by atomic mass is 16.5. The summed E-state index contributed by atoms with van der Waals surface area (Å²) < 4.78 is 13.1. The van der Waals surface area contributed by atoms with Gasteiger partial charge in [0, 0.05) is 11.3 Å². The average molecular weight is 342 g/mol. The maximum absolute atomic E-state index is 10.7. The van der Waals surface area contributed by atoms with Gasteiger partial charge in [0.25, 0.3) is 0 Å². The van der Waals surface area contributed by atoms with Crippen molar-refractivity contribution in [3.05, 3.63) is 23.3 Å². The van der Waals surface area contributed by atoms with E-state index in [0.717, 1.165) is 29.9 Å². The van der Waals surface area contributed by atoms with Gasteiger partial charge in [-0.2, -0.15) is 0 Å². The minimum absolute atomic E-state index is 0.0222. The third kappa shape index (κ3) is 1.91. The Balaban J connectivity index is 1.69. The lowest BCUT2D eigenvalue weighted by atomic mass is 9.44. The van der Waals surface area contributed by atoms with E-state index in [4.69, 9.17) is 9.47 Å². The summed E-state index contributed by atoms with van der Waals surface area (Å²) in [4.78, 5) is 0. The van der Waals surface area contributed by atoms with Crippen molar-refractivity contribution >= 4 is 0 Å². The first-order valence-electron chi connectivity index (χ1n) is 9.91. The second kappa shape index (κ2) is 4.73. The maximum Gasteiger partial charge on any atom is 0.129 e. The lowest BCUT2D eigenvalue weighted by Crippen LogP contribution is -2.61. The second-order valence-corrected chi connectivity index (χ2v) is 9.99. The van der Waals surface area contributed by atoms with E-state index < -0.39 is 0 Å². The molecule has 3 fully saturated rings. The molecule has 0 radical (unpaired) electrons. The largest absolute Gasteiger partial charge is 0.507 e. The molecular formula is C22H30O3. The van der Waals surface area contributed by atoms with Crippen LogP contribution in [0.25, 0.3) is 0 Å². The zero-order valence-corrected chi connectivity index (χ0v) is 15.9. The normalized spacial score (nSPS) is 43.6. The van der Waals surface area contributed by atoms with E-state index in [-0.39, 0.29) is 17.1 Å². The smallest absolute Gasteiger partial charge is 0.129 e. The molecular weight excluding hydrogens is 312 g/mol. The summed E-state index contributed by atoms with van der Waals surface area (Å²) in [6.07, 6.45) is 6.12. The molecule has 136 valence electrons. The molecule has 2 aliphatic carbocycles. The van der Waals surface area contributed by atoms with Crippen LogP contribution < -0.4 is 4.74 Å². The highest BCUT2D eigenvalue weighted by Gasteiger charge is 2.69. The van der Waals surface area contributed by atoms with Crippen molar-refractivity contribution in [1.82, 2.24) is 0 Å². The predicted molar refractivity (Wildman–Crippen MR) is 96.8 cm³/mol. The van der Waals surface area contributed by atoms with E-state index in [1.54, 1.807) is 0 Å². The molecule has 4 aliphatic rings. The van der Waals surface area contributed by atoms with Gasteiger partial charge in [-0.3, -0.25) is 0 Å². The highest BCUT2D eigenvalue weighted by molar-refractivity contribution is 5.51. The van der Waals surface area contributed by atoms with Crippen molar-refractivity contribution in [2.75, 3.05) is 6.61 Å².